The van der Waals surface area contributed by atoms with Crippen molar-refractivity contribution in [3.8, 4) is 5.75 Å². The molecule has 186 valence electrons. The Morgan fingerprint density at radius 2 is 1.74 bits per heavy atom. The first-order chi connectivity index (χ1) is 17.2. The van der Waals surface area contributed by atoms with Gasteiger partial charge in [0.05, 0.1) is 13.2 Å². The van der Waals surface area contributed by atoms with Gasteiger partial charge >= 0.3 is 0 Å². The lowest BCUT2D eigenvalue weighted by Gasteiger charge is -2.45. The molecule has 2 saturated heterocycles. The first kappa shape index (κ1) is 24.1. The number of hydrogen-bond donors (Lipinski definition) is 1. The van der Waals surface area contributed by atoms with Crippen molar-refractivity contribution in [2.75, 3.05) is 26.7 Å². The second-order valence-electron chi connectivity index (χ2n) is 10.4. The van der Waals surface area contributed by atoms with Crippen molar-refractivity contribution in [3.05, 3.63) is 77.9 Å². The van der Waals surface area contributed by atoms with Crippen LogP contribution < -0.4 is 10.1 Å². The highest BCUT2D eigenvalue weighted by Gasteiger charge is 2.44. The van der Waals surface area contributed by atoms with Crippen LogP contribution in [0.4, 0.5) is 0 Å². The van der Waals surface area contributed by atoms with Crippen molar-refractivity contribution in [2.24, 2.45) is 0 Å². The molecule has 0 aromatic heterocycles. The highest BCUT2D eigenvalue weighted by atomic mass is 16.5. The number of nitrogens with one attached hydrogen (secondary N) is 1. The molecule has 2 aromatic carbocycles. The smallest absolute Gasteiger partial charge is 0.251 e. The van der Waals surface area contributed by atoms with E-state index in [9.17, 15) is 4.79 Å². The Morgan fingerprint density at radius 3 is 2.40 bits per heavy atom. The molecule has 3 aliphatic rings. The number of hydrogen-bond acceptors (Lipinski definition) is 4. The van der Waals surface area contributed by atoms with Crippen molar-refractivity contribution >= 4 is 5.91 Å². The lowest BCUT2D eigenvalue weighted by atomic mass is 9.93. The van der Waals surface area contributed by atoms with E-state index in [0.717, 1.165) is 43.8 Å². The Hall–Kier alpha value is -2.63. The number of methoxy groups -OCH3 is 1. The lowest BCUT2D eigenvalue weighted by molar-refractivity contribution is 0.0499. The number of piperazine rings is 1. The number of rotatable bonds is 8. The van der Waals surface area contributed by atoms with Gasteiger partial charge in [0.15, 0.2) is 0 Å². The van der Waals surface area contributed by atoms with E-state index in [1.54, 1.807) is 7.11 Å². The number of carbonyl (C=O) groups is 1. The SMILES string of the molecule is C=CCN1CC2CCC(C1)N2C(c1ccc(C(=O)NC2CCCCC2)cc1)c1cccc(OC)c1. The summed E-state index contributed by atoms with van der Waals surface area (Å²) in [7, 11) is 1.73. The summed E-state index contributed by atoms with van der Waals surface area (Å²) in [6, 6.07) is 18.3. The van der Waals surface area contributed by atoms with E-state index in [-0.39, 0.29) is 11.9 Å². The van der Waals surface area contributed by atoms with E-state index in [2.05, 4.69) is 52.0 Å². The standard InChI is InChI=1S/C30H39N3O2/c1-3-18-32-20-26-16-17-27(21-32)33(26)29(24-8-7-11-28(19-24)35-2)22-12-14-23(15-13-22)30(34)31-25-9-5-4-6-10-25/h3,7-8,11-15,19,25-27,29H,1,4-6,9-10,16-18,20-21H2,2H3,(H,31,34). The van der Waals surface area contributed by atoms with E-state index >= 15 is 0 Å². The maximum Gasteiger partial charge on any atom is 0.251 e. The minimum Gasteiger partial charge on any atom is -0.497 e. The molecule has 3 unspecified atom stereocenters. The maximum atomic E-state index is 12.9. The van der Waals surface area contributed by atoms with E-state index in [0.29, 0.717) is 18.1 Å². The summed E-state index contributed by atoms with van der Waals surface area (Å²) in [6.07, 6.45) is 10.4. The lowest BCUT2D eigenvalue weighted by Crippen LogP contribution is -2.54. The molecule has 3 fully saturated rings. The zero-order valence-electron chi connectivity index (χ0n) is 21.0. The van der Waals surface area contributed by atoms with Gasteiger partial charge in [0, 0.05) is 43.3 Å². The Labute approximate surface area is 210 Å². The number of benzene rings is 2. The van der Waals surface area contributed by atoms with E-state index in [4.69, 9.17) is 4.74 Å². The van der Waals surface area contributed by atoms with Gasteiger partial charge in [0.1, 0.15) is 5.75 Å². The number of amides is 1. The van der Waals surface area contributed by atoms with Crippen LogP contribution in [-0.4, -0.2) is 60.6 Å². The predicted molar refractivity (Wildman–Crippen MR) is 141 cm³/mol. The molecule has 1 amide bonds. The third kappa shape index (κ3) is 5.31. The topological polar surface area (TPSA) is 44.8 Å². The first-order valence-corrected chi connectivity index (χ1v) is 13.3. The number of fused-ring (bicyclic) bond motifs is 2. The highest BCUT2D eigenvalue weighted by molar-refractivity contribution is 5.94. The van der Waals surface area contributed by atoms with Crippen LogP contribution in [0.15, 0.2) is 61.2 Å². The molecule has 3 atom stereocenters. The molecule has 1 aliphatic carbocycles. The molecule has 5 nitrogen and oxygen atoms in total. The number of likely N-dealkylation sites (tertiary alicyclic amines) is 1. The fraction of sp³-hybridized carbons (Fsp3) is 0.500. The largest absolute Gasteiger partial charge is 0.497 e. The van der Waals surface area contributed by atoms with Crippen LogP contribution in [-0.2, 0) is 0 Å². The number of nitrogens with zero attached hydrogens (tertiary/aromatic N) is 2. The molecule has 2 heterocycles. The Kier molecular flexibility index (Phi) is 7.54. The predicted octanol–water partition coefficient (Wildman–Crippen LogP) is 5.18. The van der Waals surface area contributed by atoms with Crippen LogP contribution in [0.3, 0.4) is 0 Å². The number of carbonyl (C=O) groups excluding carboxylic acids is 1. The van der Waals surface area contributed by atoms with Crippen LogP contribution in [0.5, 0.6) is 5.75 Å². The molecular weight excluding hydrogens is 434 g/mol. The van der Waals surface area contributed by atoms with Gasteiger partial charge in [0.2, 0.25) is 0 Å². The van der Waals surface area contributed by atoms with Gasteiger partial charge in [-0.2, -0.15) is 0 Å². The summed E-state index contributed by atoms with van der Waals surface area (Å²) in [5, 5.41) is 3.26. The van der Waals surface area contributed by atoms with Gasteiger partial charge in [-0.3, -0.25) is 14.6 Å². The minimum atomic E-state index is 0.0551. The molecule has 2 aromatic rings. The fourth-order valence-electron chi connectivity index (χ4n) is 6.46. The third-order valence-corrected chi connectivity index (χ3v) is 8.14. The van der Waals surface area contributed by atoms with Crippen LogP contribution in [0.1, 0.15) is 72.5 Å². The second-order valence-corrected chi connectivity index (χ2v) is 10.4. The van der Waals surface area contributed by atoms with Crippen molar-refractivity contribution in [1.82, 2.24) is 15.1 Å². The Balaban J connectivity index is 1.41. The average molecular weight is 474 g/mol. The van der Waals surface area contributed by atoms with Gasteiger partial charge in [-0.25, -0.2) is 0 Å². The summed E-state index contributed by atoms with van der Waals surface area (Å²) < 4.78 is 5.58. The molecule has 5 heteroatoms. The summed E-state index contributed by atoms with van der Waals surface area (Å²) in [6.45, 7) is 7.05. The quantitative estimate of drug-likeness (QED) is 0.537. The van der Waals surface area contributed by atoms with Gasteiger partial charge in [-0.15, -0.1) is 6.58 Å². The molecule has 35 heavy (non-hydrogen) atoms. The second kappa shape index (κ2) is 11.0. The normalized spacial score (nSPS) is 24.1. The van der Waals surface area contributed by atoms with Gasteiger partial charge < -0.3 is 10.1 Å². The van der Waals surface area contributed by atoms with Crippen LogP contribution >= 0.6 is 0 Å². The molecule has 2 bridgehead atoms. The van der Waals surface area contributed by atoms with Crippen LogP contribution in [0, 0.1) is 0 Å². The highest BCUT2D eigenvalue weighted by Crippen LogP contribution is 2.41. The molecule has 1 N–H and O–H groups in total. The fourth-order valence-corrected chi connectivity index (χ4v) is 6.46. The molecular formula is C30H39N3O2. The Morgan fingerprint density at radius 1 is 1.03 bits per heavy atom. The molecule has 0 spiro atoms. The zero-order chi connectivity index (χ0) is 24.2. The van der Waals surface area contributed by atoms with Gasteiger partial charge in [-0.1, -0.05) is 49.6 Å². The van der Waals surface area contributed by atoms with Crippen molar-refractivity contribution in [3.63, 3.8) is 0 Å². The van der Waals surface area contributed by atoms with Gasteiger partial charge in [0.25, 0.3) is 5.91 Å². The molecule has 1 saturated carbocycles. The van der Waals surface area contributed by atoms with Crippen molar-refractivity contribution < 1.29 is 9.53 Å². The summed E-state index contributed by atoms with van der Waals surface area (Å²) in [5.74, 6) is 0.938. The van der Waals surface area contributed by atoms with Gasteiger partial charge in [-0.05, 0) is 61.1 Å². The average Bonchev–Trinajstić information content (AvgIpc) is 3.14. The molecule has 5 rings (SSSR count). The Bertz CT molecular complexity index is 1000. The summed E-state index contributed by atoms with van der Waals surface area (Å²) in [4.78, 5) is 18.2. The molecule has 2 aliphatic heterocycles. The monoisotopic (exact) mass is 473 g/mol. The zero-order valence-corrected chi connectivity index (χ0v) is 21.0. The number of ether oxygens (including phenoxy) is 1. The van der Waals surface area contributed by atoms with E-state index in [1.165, 1.54) is 43.2 Å². The first-order valence-electron chi connectivity index (χ1n) is 13.3. The van der Waals surface area contributed by atoms with Crippen molar-refractivity contribution in [1.29, 1.82) is 0 Å². The summed E-state index contributed by atoms with van der Waals surface area (Å²) >= 11 is 0. The van der Waals surface area contributed by atoms with Crippen LogP contribution in [0.25, 0.3) is 0 Å². The van der Waals surface area contributed by atoms with E-state index in [1.807, 2.05) is 24.3 Å². The summed E-state index contributed by atoms with van der Waals surface area (Å²) in [5.41, 5.74) is 3.24. The van der Waals surface area contributed by atoms with Crippen molar-refractivity contribution in [2.45, 2.75) is 69.1 Å². The van der Waals surface area contributed by atoms with E-state index < -0.39 is 0 Å². The van der Waals surface area contributed by atoms with Crippen LogP contribution in [0.2, 0.25) is 0 Å². The maximum absolute atomic E-state index is 12.9. The minimum absolute atomic E-state index is 0.0551. The third-order valence-electron chi connectivity index (χ3n) is 8.14. The molecule has 0 radical (unpaired) electrons.